The van der Waals surface area contributed by atoms with Gasteiger partial charge in [0, 0.05) is 19.3 Å². The van der Waals surface area contributed by atoms with E-state index in [0.29, 0.717) is 51.4 Å². The lowest BCUT2D eigenvalue weighted by atomic mass is 9.95. The molecule has 0 radical (unpaired) electrons. The summed E-state index contributed by atoms with van der Waals surface area (Å²) in [6.45, 7) is 11.9. The Balaban J connectivity index is 0.0000708. The number of unbranched alkanes of at least 4 members (excludes halogenated alkanes) is 54. The lowest BCUT2D eigenvalue weighted by Gasteiger charge is -2.46. The van der Waals surface area contributed by atoms with Crippen LogP contribution in [0.1, 0.15) is 492 Å². The maximum absolute atomic E-state index is 14.9. The summed E-state index contributed by atoms with van der Waals surface area (Å²) < 4.78 is 48.9. The summed E-state index contributed by atoms with van der Waals surface area (Å²) in [5, 5.41) is 51.9. The quantitative estimate of drug-likeness (QED) is 0.0143. The molecule has 0 spiro atoms. The Hall–Kier alpha value is -3.99. The van der Waals surface area contributed by atoms with Gasteiger partial charge in [0.05, 0.1) is 32.5 Å². The van der Waals surface area contributed by atoms with Crippen molar-refractivity contribution in [2.24, 2.45) is 0 Å². The molecule has 119 heavy (non-hydrogen) atoms. The highest BCUT2D eigenvalue weighted by molar-refractivity contribution is 5.79. The van der Waals surface area contributed by atoms with Crippen LogP contribution in [0.25, 0.3) is 0 Å². The number of nitrogens with one attached hydrogen (secondary N) is 2. The minimum atomic E-state index is -1.92. The minimum Gasteiger partial charge on any atom is -0.462 e. The first kappa shape index (κ1) is 113. The molecule has 2 heterocycles. The Morgan fingerprint density at radius 3 is 0.908 bits per heavy atom. The van der Waals surface area contributed by atoms with E-state index in [0.717, 1.165) is 167 Å². The number of hydrogen-bond acceptors (Lipinski definition) is 19. The third-order valence-electron chi connectivity index (χ3n) is 24.1. The molecule has 0 bridgehead atoms. The zero-order chi connectivity index (χ0) is 86.0. The molecule has 2 aliphatic rings. The number of carbonyl (C=O) groups excluding carboxylic acids is 7. The van der Waals surface area contributed by atoms with Gasteiger partial charge in [0.2, 0.25) is 11.8 Å². The average molecular weight is 1690 g/mol. The van der Waals surface area contributed by atoms with Gasteiger partial charge >= 0.3 is 23.9 Å². The molecule has 2 rings (SSSR count). The summed E-state index contributed by atoms with van der Waals surface area (Å²) in [5.41, 5.74) is 0. The molecule has 21 nitrogen and oxygen atoms in total. The summed E-state index contributed by atoms with van der Waals surface area (Å²) >= 11 is 0. The van der Waals surface area contributed by atoms with Gasteiger partial charge < -0.3 is 69.0 Å². The molecule has 2 saturated heterocycles. The Morgan fingerprint density at radius 2 is 0.613 bits per heavy atom. The van der Waals surface area contributed by atoms with Crippen LogP contribution in [0.15, 0.2) is 0 Å². The van der Waals surface area contributed by atoms with Crippen molar-refractivity contribution < 1.29 is 91.9 Å². The van der Waals surface area contributed by atoms with Crippen LogP contribution in [0.5, 0.6) is 0 Å². The van der Waals surface area contributed by atoms with Crippen LogP contribution in [0.4, 0.5) is 0 Å². The molecule has 2 amide bonds. The number of aliphatic hydroxyl groups is 4. The number of ether oxygens (including phenoxy) is 8. The third-order valence-corrected chi connectivity index (χ3v) is 24.1. The van der Waals surface area contributed by atoms with E-state index in [1.54, 1.807) is 0 Å². The zero-order valence-corrected chi connectivity index (χ0v) is 76.2. The normalized spacial score (nSPS) is 19.9. The van der Waals surface area contributed by atoms with Crippen molar-refractivity contribution in [1.82, 2.24) is 10.6 Å². The van der Waals surface area contributed by atoms with Crippen molar-refractivity contribution in [2.75, 3.05) is 13.2 Å². The van der Waals surface area contributed by atoms with Gasteiger partial charge in [0.25, 0.3) is 6.47 Å². The summed E-state index contributed by atoms with van der Waals surface area (Å²) in [5.74, 6) is -3.43. The topological polar surface area (TPSA) is 298 Å². The van der Waals surface area contributed by atoms with Crippen molar-refractivity contribution in [3.8, 4) is 0 Å². The summed E-state index contributed by atoms with van der Waals surface area (Å²) in [6, 6.07) is -3.12. The number of hydrogen-bond donors (Lipinski definition) is 6. The largest absolute Gasteiger partial charge is 0.462 e. The monoisotopic (exact) mass is 1690 g/mol. The fourth-order valence-corrected chi connectivity index (χ4v) is 16.6. The molecule has 2 aliphatic heterocycles. The molecule has 21 heteroatoms. The minimum absolute atomic E-state index is 0. The molecule has 700 valence electrons. The van der Waals surface area contributed by atoms with Crippen LogP contribution < -0.4 is 10.6 Å². The van der Waals surface area contributed by atoms with Crippen molar-refractivity contribution in [3.05, 3.63) is 0 Å². The van der Waals surface area contributed by atoms with Crippen molar-refractivity contribution in [3.63, 3.8) is 0 Å². The predicted molar refractivity (Wildman–Crippen MR) is 478 cm³/mol. The molecule has 2 fully saturated rings. The van der Waals surface area contributed by atoms with Gasteiger partial charge in [-0.05, 0) is 57.8 Å². The Bertz CT molecular complexity index is 2390. The number of rotatable bonds is 84. The molecule has 10 unspecified atom stereocenters. The predicted octanol–water partition coefficient (Wildman–Crippen LogP) is 23.0. The number of esters is 4. The second kappa shape index (κ2) is 79.9. The molecular weight excluding hydrogens is 1510 g/mol. The van der Waals surface area contributed by atoms with Gasteiger partial charge in [-0.2, -0.15) is 0 Å². The van der Waals surface area contributed by atoms with Gasteiger partial charge in [-0.1, -0.05) is 396 Å². The fourth-order valence-electron chi connectivity index (χ4n) is 16.6. The van der Waals surface area contributed by atoms with E-state index in [2.05, 4.69) is 52.2 Å². The third kappa shape index (κ3) is 60.3. The number of amides is 2. The fraction of sp³-hybridized carbons (Fsp3) is 0.929. The first-order valence-electron chi connectivity index (χ1n) is 49.6. The SMILES string of the molecule is C.CCCCCCCCCCCCCCCC(=O)O[C@H](CCCCCCCCCCC)CC(=O)NC1C(O)OC(COC2OC(CO)C(OC=O)C(OC(=O)C[C@@H](CCCCCCCCCCC)OC(=O)CCCCCCCCCCCCC)C2NC(=O)C[C@@H](CCCCCCCCCCC)OC(=O)CCCCCCCCCCC)C(O)C1O. The van der Waals surface area contributed by atoms with Gasteiger partial charge in [-0.15, -0.1) is 0 Å². The van der Waals surface area contributed by atoms with Crippen LogP contribution in [-0.2, 0) is 71.5 Å². The average Bonchev–Trinajstić information content (AvgIpc) is 0.783. The van der Waals surface area contributed by atoms with Crippen molar-refractivity contribution >= 4 is 42.2 Å². The van der Waals surface area contributed by atoms with E-state index in [1.165, 1.54) is 186 Å². The molecule has 0 aromatic carbocycles. The Morgan fingerprint density at radius 1 is 0.336 bits per heavy atom. The highest BCUT2D eigenvalue weighted by Gasteiger charge is 2.52. The lowest BCUT2D eigenvalue weighted by molar-refractivity contribution is -0.299. The summed E-state index contributed by atoms with van der Waals surface area (Å²) in [4.78, 5) is 97.2. The van der Waals surface area contributed by atoms with Crippen molar-refractivity contribution in [1.29, 1.82) is 0 Å². The van der Waals surface area contributed by atoms with Gasteiger partial charge in [-0.3, -0.25) is 33.6 Å². The van der Waals surface area contributed by atoms with E-state index in [9.17, 15) is 54.0 Å². The molecule has 13 atom stereocenters. The lowest BCUT2D eigenvalue weighted by Crippen LogP contribution is -2.67. The molecule has 0 aromatic rings. The standard InChI is InChI=1S/C97H180N2O19.CH4/c1-7-13-19-25-31-37-39-40-42-48-54-59-65-70-86(104)113-79(67-61-55-49-43-33-27-21-15-9-3)73-84(102)98-90-93(109)92(108)83(116-96(90)110)77-111-97-91(99-85(103)74-80(68-62-56-50-44-34-28-22-16-10-4)114-87(105)71-64-58-52-46-36-30-24-18-12-6)95(94(112-78-101)82(76-100)117-97)118-89(107)75-81(69-63-57-51-45-35-29-23-17-11-5)115-88(106)72-66-60-53-47-41-38-32-26-20-14-8-2;/h78-83,90-97,100,108-110H,7-77H2,1-6H3,(H,98,102)(H,99,103);1H4/t79-,80-,81-,82?,83?,90?,91?,92?,93?,94?,95?,96?,97?;/m1./s1. The van der Waals surface area contributed by atoms with Gasteiger partial charge in [0.15, 0.2) is 24.8 Å². The zero-order valence-electron chi connectivity index (χ0n) is 76.2. The maximum atomic E-state index is 14.9. The Labute approximate surface area is 725 Å². The van der Waals surface area contributed by atoms with E-state index >= 15 is 0 Å². The maximum Gasteiger partial charge on any atom is 0.310 e. The number of aliphatic hydroxyl groups excluding tert-OH is 4. The second-order valence-electron chi connectivity index (χ2n) is 35.1. The van der Waals surface area contributed by atoms with E-state index in [-0.39, 0.29) is 52.0 Å². The Kier molecular flexibility index (Phi) is 75.9. The smallest absolute Gasteiger partial charge is 0.310 e. The number of carbonyl (C=O) groups is 7. The highest BCUT2D eigenvalue weighted by atomic mass is 16.7. The summed E-state index contributed by atoms with van der Waals surface area (Å²) in [6.07, 6.45) is 50.4. The van der Waals surface area contributed by atoms with Crippen LogP contribution in [-0.4, -0.2) is 155 Å². The van der Waals surface area contributed by atoms with E-state index < -0.39 is 129 Å². The first-order chi connectivity index (χ1) is 57.6. The van der Waals surface area contributed by atoms with Crippen LogP contribution in [0, 0.1) is 0 Å². The van der Waals surface area contributed by atoms with Gasteiger partial charge in [-0.25, -0.2) is 0 Å². The van der Waals surface area contributed by atoms with Crippen LogP contribution in [0.3, 0.4) is 0 Å². The molecule has 6 N–H and O–H groups in total. The highest BCUT2D eigenvalue weighted by Crippen LogP contribution is 2.32. The van der Waals surface area contributed by atoms with Crippen LogP contribution >= 0.6 is 0 Å². The summed E-state index contributed by atoms with van der Waals surface area (Å²) in [7, 11) is 0. The van der Waals surface area contributed by atoms with Crippen molar-refractivity contribution in [2.45, 2.75) is 572 Å². The second-order valence-corrected chi connectivity index (χ2v) is 35.1. The van der Waals surface area contributed by atoms with E-state index in [1.807, 2.05) is 0 Å². The molecule has 0 aromatic heterocycles. The molecule has 0 aliphatic carbocycles. The first-order valence-corrected chi connectivity index (χ1v) is 49.6. The van der Waals surface area contributed by atoms with Gasteiger partial charge in [0.1, 0.15) is 54.8 Å². The molecular formula is C98H184N2O19. The van der Waals surface area contributed by atoms with Crippen LogP contribution in [0.2, 0.25) is 0 Å². The van der Waals surface area contributed by atoms with E-state index in [4.69, 9.17) is 37.9 Å². The molecule has 0 saturated carbocycles.